The van der Waals surface area contributed by atoms with Crippen LogP contribution in [0.1, 0.15) is 18.4 Å². The van der Waals surface area contributed by atoms with Gasteiger partial charge in [0.1, 0.15) is 5.82 Å². The molecule has 6 heteroatoms. The van der Waals surface area contributed by atoms with Crippen LogP contribution in [0.3, 0.4) is 0 Å². The van der Waals surface area contributed by atoms with Crippen LogP contribution in [0.2, 0.25) is 0 Å². The largest absolute Gasteiger partial charge is 0.385 e. The highest BCUT2D eigenvalue weighted by atomic mass is 19.1. The third-order valence-corrected chi connectivity index (χ3v) is 2.96. The quantitative estimate of drug-likeness (QED) is 0.803. The zero-order chi connectivity index (χ0) is 14.4. The third-order valence-electron chi connectivity index (χ3n) is 2.96. The highest BCUT2D eigenvalue weighted by Gasteiger charge is 2.28. The Bertz CT molecular complexity index is 488. The van der Waals surface area contributed by atoms with Crippen LogP contribution in [-0.2, 0) is 14.4 Å². The second kappa shape index (κ2) is 7.00. The number of carbonyl (C=O) groups excluding carboxylic acids is 1. The summed E-state index contributed by atoms with van der Waals surface area (Å²) in [6, 6.07) is 5.96. The molecule has 1 amide bonds. The Labute approximate surface area is 116 Å². The lowest BCUT2D eigenvalue weighted by Gasteiger charge is -2.09. The maximum absolute atomic E-state index is 12.8. The minimum atomic E-state index is -0.613. The molecule has 0 radical (unpaired) electrons. The molecule has 1 N–H and O–H groups in total. The number of nitrogens with zero attached hydrogens (tertiary/aromatic N) is 1. The fourth-order valence-electron chi connectivity index (χ4n) is 1.87. The van der Waals surface area contributed by atoms with Crippen molar-refractivity contribution in [3.63, 3.8) is 0 Å². The van der Waals surface area contributed by atoms with E-state index in [2.05, 4.69) is 10.5 Å². The summed E-state index contributed by atoms with van der Waals surface area (Å²) in [6.45, 7) is 1.14. The van der Waals surface area contributed by atoms with Gasteiger partial charge < -0.3 is 14.9 Å². The molecule has 1 atom stereocenters. The Kier molecular flexibility index (Phi) is 5.06. The highest BCUT2D eigenvalue weighted by Crippen LogP contribution is 2.17. The first kappa shape index (κ1) is 14.5. The molecule has 0 aliphatic carbocycles. The lowest BCUT2D eigenvalue weighted by molar-refractivity contribution is -0.131. The van der Waals surface area contributed by atoms with Gasteiger partial charge in [-0.1, -0.05) is 17.3 Å². The van der Waals surface area contributed by atoms with Gasteiger partial charge in [0.05, 0.1) is 5.71 Å². The number of nitrogens with one attached hydrogen (secondary N) is 1. The van der Waals surface area contributed by atoms with E-state index in [9.17, 15) is 9.18 Å². The number of ether oxygens (including phenoxy) is 1. The smallest absolute Gasteiger partial charge is 0.264 e. The monoisotopic (exact) mass is 280 g/mol. The van der Waals surface area contributed by atoms with Gasteiger partial charge in [0.25, 0.3) is 5.91 Å². The fourth-order valence-corrected chi connectivity index (χ4v) is 1.87. The molecule has 0 bridgehead atoms. The predicted molar refractivity (Wildman–Crippen MR) is 71.9 cm³/mol. The molecule has 0 spiro atoms. The van der Waals surface area contributed by atoms with Crippen molar-refractivity contribution in [3.05, 3.63) is 35.6 Å². The van der Waals surface area contributed by atoms with Gasteiger partial charge in [0.2, 0.25) is 6.10 Å². The average Bonchev–Trinajstić information content (AvgIpc) is 2.94. The standard InChI is InChI=1S/C14H17FN2O3/c1-19-8-2-7-16-14(18)13-9-12(17-20-13)10-3-5-11(15)6-4-10/h3-6,13H,2,7-9H2,1H3,(H,16,18). The van der Waals surface area contributed by atoms with E-state index in [1.165, 1.54) is 12.1 Å². The van der Waals surface area contributed by atoms with Crippen molar-refractivity contribution < 1.29 is 18.8 Å². The molecule has 1 aromatic rings. The molecule has 1 aromatic carbocycles. The molecule has 0 aromatic heterocycles. The van der Waals surface area contributed by atoms with Gasteiger partial charge in [-0.2, -0.15) is 0 Å². The summed E-state index contributed by atoms with van der Waals surface area (Å²) in [5, 5.41) is 6.65. The molecular weight excluding hydrogens is 263 g/mol. The summed E-state index contributed by atoms with van der Waals surface area (Å²) in [7, 11) is 1.62. The van der Waals surface area contributed by atoms with Gasteiger partial charge in [-0.15, -0.1) is 0 Å². The second-order valence-electron chi connectivity index (χ2n) is 4.48. The van der Waals surface area contributed by atoms with E-state index >= 15 is 0 Å². The van der Waals surface area contributed by atoms with Gasteiger partial charge in [0.15, 0.2) is 0 Å². The number of oxime groups is 1. The maximum atomic E-state index is 12.8. The van der Waals surface area contributed by atoms with Crippen molar-refractivity contribution in [3.8, 4) is 0 Å². The highest BCUT2D eigenvalue weighted by molar-refractivity contribution is 6.04. The van der Waals surface area contributed by atoms with Crippen molar-refractivity contribution in [1.82, 2.24) is 5.32 Å². The van der Waals surface area contributed by atoms with Crippen LogP contribution in [0.25, 0.3) is 0 Å². The first-order chi connectivity index (χ1) is 9.70. The van der Waals surface area contributed by atoms with E-state index in [0.717, 1.165) is 12.0 Å². The lowest BCUT2D eigenvalue weighted by atomic mass is 10.0. The van der Waals surface area contributed by atoms with E-state index in [4.69, 9.17) is 9.57 Å². The molecule has 0 saturated heterocycles. The summed E-state index contributed by atoms with van der Waals surface area (Å²) >= 11 is 0. The SMILES string of the molecule is COCCCNC(=O)C1CC(c2ccc(F)cc2)=NO1. The van der Waals surface area contributed by atoms with E-state index in [1.807, 2.05) is 0 Å². The normalized spacial score (nSPS) is 17.5. The van der Waals surface area contributed by atoms with Crippen LogP contribution in [0, 0.1) is 5.82 Å². The first-order valence-electron chi connectivity index (χ1n) is 6.46. The summed E-state index contributed by atoms with van der Waals surface area (Å²) in [5.41, 5.74) is 1.42. The molecular formula is C14H17FN2O3. The molecule has 0 saturated carbocycles. The first-order valence-corrected chi connectivity index (χ1v) is 6.46. The Morgan fingerprint density at radius 2 is 2.25 bits per heavy atom. The zero-order valence-electron chi connectivity index (χ0n) is 11.3. The van der Waals surface area contributed by atoms with Gasteiger partial charge in [-0.25, -0.2) is 4.39 Å². The number of methoxy groups -OCH3 is 1. The Balaban J connectivity index is 1.82. The molecule has 1 aliphatic heterocycles. The van der Waals surface area contributed by atoms with E-state index in [0.29, 0.717) is 25.3 Å². The maximum Gasteiger partial charge on any atom is 0.264 e. The average molecular weight is 280 g/mol. The van der Waals surface area contributed by atoms with Crippen molar-refractivity contribution in [2.24, 2.45) is 5.16 Å². The van der Waals surface area contributed by atoms with Crippen LogP contribution in [0.4, 0.5) is 4.39 Å². The molecule has 1 heterocycles. The Hall–Kier alpha value is -1.95. The number of amides is 1. The number of rotatable bonds is 6. The molecule has 0 fully saturated rings. The van der Waals surface area contributed by atoms with Crippen LogP contribution in [-0.4, -0.2) is 38.0 Å². The predicted octanol–water partition coefficient (Wildman–Crippen LogP) is 1.47. The lowest BCUT2D eigenvalue weighted by Crippen LogP contribution is -2.35. The number of carbonyl (C=O) groups is 1. The fraction of sp³-hybridized carbons (Fsp3) is 0.429. The zero-order valence-corrected chi connectivity index (χ0v) is 11.3. The summed E-state index contributed by atoms with van der Waals surface area (Å²) < 4.78 is 17.7. The number of hydrogen-bond acceptors (Lipinski definition) is 4. The topological polar surface area (TPSA) is 59.9 Å². The summed E-state index contributed by atoms with van der Waals surface area (Å²) in [4.78, 5) is 16.9. The number of hydrogen-bond donors (Lipinski definition) is 1. The minimum Gasteiger partial charge on any atom is -0.385 e. The van der Waals surface area contributed by atoms with Crippen LogP contribution in [0.5, 0.6) is 0 Å². The van der Waals surface area contributed by atoms with E-state index in [1.54, 1.807) is 19.2 Å². The van der Waals surface area contributed by atoms with Gasteiger partial charge in [0, 0.05) is 26.7 Å². The van der Waals surface area contributed by atoms with Crippen molar-refractivity contribution in [2.75, 3.05) is 20.3 Å². The van der Waals surface area contributed by atoms with Crippen molar-refractivity contribution in [1.29, 1.82) is 0 Å². The second-order valence-corrected chi connectivity index (χ2v) is 4.48. The van der Waals surface area contributed by atoms with E-state index in [-0.39, 0.29) is 11.7 Å². The Morgan fingerprint density at radius 3 is 2.95 bits per heavy atom. The van der Waals surface area contributed by atoms with Crippen LogP contribution >= 0.6 is 0 Å². The van der Waals surface area contributed by atoms with Crippen LogP contribution < -0.4 is 5.32 Å². The van der Waals surface area contributed by atoms with Crippen LogP contribution in [0.15, 0.2) is 29.4 Å². The number of benzene rings is 1. The van der Waals surface area contributed by atoms with Gasteiger partial charge >= 0.3 is 0 Å². The third kappa shape index (κ3) is 3.77. The minimum absolute atomic E-state index is 0.193. The molecule has 108 valence electrons. The number of halogens is 1. The Morgan fingerprint density at radius 1 is 1.50 bits per heavy atom. The summed E-state index contributed by atoms with van der Waals surface area (Å²) in [5.74, 6) is -0.498. The van der Waals surface area contributed by atoms with Crippen molar-refractivity contribution >= 4 is 11.6 Å². The molecule has 5 nitrogen and oxygen atoms in total. The van der Waals surface area contributed by atoms with Gasteiger partial charge in [-0.3, -0.25) is 4.79 Å². The summed E-state index contributed by atoms with van der Waals surface area (Å²) in [6.07, 6.45) is 0.528. The van der Waals surface area contributed by atoms with Gasteiger partial charge in [-0.05, 0) is 24.1 Å². The molecule has 20 heavy (non-hydrogen) atoms. The van der Waals surface area contributed by atoms with E-state index < -0.39 is 6.10 Å². The molecule has 1 aliphatic rings. The molecule has 1 unspecified atom stereocenters. The molecule has 2 rings (SSSR count). The van der Waals surface area contributed by atoms with Crippen molar-refractivity contribution in [2.45, 2.75) is 18.9 Å².